The van der Waals surface area contributed by atoms with Gasteiger partial charge in [0.05, 0.1) is 17.5 Å². The van der Waals surface area contributed by atoms with Gasteiger partial charge in [-0.05, 0) is 30.9 Å². The van der Waals surface area contributed by atoms with E-state index in [-0.39, 0.29) is 17.5 Å². The van der Waals surface area contributed by atoms with Crippen LogP contribution in [-0.2, 0) is 23.4 Å². The van der Waals surface area contributed by atoms with Gasteiger partial charge in [-0.2, -0.15) is 9.61 Å². The van der Waals surface area contributed by atoms with Gasteiger partial charge in [0.15, 0.2) is 0 Å². The molecule has 0 saturated heterocycles. The standard InChI is InChI=1S/C20H24N4O2S2/c1-4-14-6-8-15(9-7-14)13(3)21-17(25)12-27-11-16-10-19(26)24-20(22-16)28-18(5-2)23-24/h6-10,13H,4-5,11-12H2,1-3H3,(H,21,25)/t13-/m1/s1. The molecule has 0 fully saturated rings. The molecule has 1 aromatic carbocycles. The third-order valence-corrected chi connectivity index (χ3v) is 6.41. The molecule has 0 bridgehead atoms. The largest absolute Gasteiger partial charge is 0.349 e. The van der Waals surface area contributed by atoms with E-state index in [1.54, 1.807) is 0 Å². The van der Waals surface area contributed by atoms with Gasteiger partial charge in [0.2, 0.25) is 10.9 Å². The van der Waals surface area contributed by atoms with Crippen molar-refractivity contribution in [1.82, 2.24) is 19.9 Å². The van der Waals surface area contributed by atoms with Crippen LogP contribution in [0.5, 0.6) is 0 Å². The highest BCUT2D eigenvalue weighted by atomic mass is 32.2. The van der Waals surface area contributed by atoms with E-state index < -0.39 is 0 Å². The Morgan fingerprint density at radius 3 is 2.68 bits per heavy atom. The summed E-state index contributed by atoms with van der Waals surface area (Å²) in [7, 11) is 0. The van der Waals surface area contributed by atoms with Gasteiger partial charge in [0, 0.05) is 11.8 Å². The summed E-state index contributed by atoms with van der Waals surface area (Å²) < 4.78 is 1.34. The molecule has 0 aliphatic heterocycles. The lowest BCUT2D eigenvalue weighted by Crippen LogP contribution is -2.28. The number of fused-ring (bicyclic) bond motifs is 1. The van der Waals surface area contributed by atoms with Crippen LogP contribution >= 0.6 is 23.1 Å². The number of carbonyl (C=O) groups excluding carboxylic acids is 1. The highest BCUT2D eigenvalue weighted by molar-refractivity contribution is 7.99. The molecule has 28 heavy (non-hydrogen) atoms. The molecule has 1 N–H and O–H groups in total. The molecule has 8 heteroatoms. The molecule has 2 heterocycles. The predicted molar refractivity (Wildman–Crippen MR) is 115 cm³/mol. The average molecular weight is 417 g/mol. The van der Waals surface area contributed by atoms with Crippen molar-refractivity contribution in [2.24, 2.45) is 0 Å². The first kappa shape index (κ1) is 20.5. The SMILES string of the molecule is CCc1ccc([C@@H](C)NC(=O)CSCc2cc(=O)n3nc(CC)sc3n2)cc1. The zero-order valence-electron chi connectivity index (χ0n) is 16.3. The fourth-order valence-electron chi connectivity index (χ4n) is 2.77. The Balaban J connectivity index is 1.53. The van der Waals surface area contributed by atoms with Crippen molar-refractivity contribution in [2.75, 3.05) is 5.75 Å². The van der Waals surface area contributed by atoms with Crippen molar-refractivity contribution in [3.8, 4) is 0 Å². The van der Waals surface area contributed by atoms with Crippen LogP contribution < -0.4 is 10.9 Å². The van der Waals surface area contributed by atoms with Crippen molar-refractivity contribution in [3.05, 3.63) is 62.5 Å². The first-order chi connectivity index (χ1) is 13.5. The third kappa shape index (κ3) is 4.99. The Morgan fingerprint density at radius 1 is 1.25 bits per heavy atom. The predicted octanol–water partition coefficient (Wildman–Crippen LogP) is 3.39. The topological polar surface area (TPSA) is 76.4 Å². The van der Waals surface area contributed by atoms with E-state index in [4.69, 9.17) is 0 Å². The number of hydrogen-bond acceptors (Lipinski definition) is 6. The van der Waals surface area contributed by atoms with Gasteiger partial charge in [0.25, 0.3) is 5.56 Å². The number of hydrogen-bond donors (Lipinski definition) is 1. The zero-order chi connectivity index (χ0) is 20.1. The molecule has 0 saturated carbocycles. The fourth-order valence-corrected chi connectivity index (χ4v) is 4.36. The molecule has 2 aromatic heterocycles. The summed E-state index contributed by atoms with van der Waals surface area (Å²) in [4.78, 5) is 29.5. The van der Waals surface area contributed by atoms with E-state index in [9.17, 15) is 9.59 Å². The van der Waals surface area contributed by atoms with Gasteiger partial charge in [-0.15, -0.1) is 11.8 Å². The Morgan fingerprint density at radius 2 is 2.00 bits per heavy atom. The van der Waals surface area contributed by atoms with Crippen LogP contribution in [0.4, 0.5) is 0 Å². The Bertz CT molecular complexity index is 1010. The molecule has 0 unspecified atom stereocenters. The second kappa shape index (κ2) is 9.34. The van der Waals surface area contributed by atoms with Gasteiger partial charge >= 0.3 is 0 Å². The van der Waals surface area contributed by atoms with Gasteiger partial charge < -0.3 is 5.32 Å². The molecule has 0 aliphatic carbocycles. The minimum Gasteiger partial charge on any atom is -0.349 e. The Kier molecular flexibility index (Phi) is 6.85. The first-order valence-corrected chi connectivity index (χ1v) is 11.3. The number of aromatic nitrogens is 3. The number of aryl methyl sites for hydroxylation is 2. The van der Waals surface area contributed by atoms with Crippen LogP contribution in [-0.4, -0.2) is 26.3 Å². The summed E-state index contributed by atoms with van der Waals surface area (Å²) in [6, 6.07) is 9.76. The Hall–Kier alpha value is -2.19. The van der Waals surface area contributed by atoms with E-state index in [2.05, 4.69) is 46.6 Å². The smallest absolute Gasteiger partial charge is 0.275 e. The van der Waals surface area contributed by atoms with Gasteiger partial charge in [-0.25, -0.2) is 4.98 Å². The summed E-state index contributed by atoms with van der Waals surface area (Å²) in [5, 5.41) is 8.14. The lowest BCUT2D eigenvalue weighted by Gasteiger charge is -2.14. The summed E-state index contributed by atoms with van der Waals surface area (Å²) in [6.45, 7) is 6.10. The maximum atomic E-state index is 12.2. The minimum absolute atomic E-state index is 0.0269. The van der Waals surface area contributed by atoms with Crippen molar-refractivity contribution in [1.29, 1.82) is 0 Å². The molecule has 0 radical (unpaired) electrons. The molecule has 148 valence electrons. The van der Waals surface area contributed by atoms with Gasteiger partial charge in [0.1, 0.15) is 5.01 Å². The molecular weight excluding hydrogens is 392 g/mol. The number of rotatable bonds is 8. The second-order valence-electron chi connectivity index (χ2n) is 6.51. The number of carbonyl (C=O) groups is 1. The third-order valence-electron chi connectivity index (χ3n) is 4.39. The fraction of sp³-hybridized carbons (Fsp3) is 0.400. The molecule has 3 aromatic rings. The zero-order valence-corrected chi connectivity index (χ0v) is 17.9. The highest BCUT2D eigenvalue weighted by Crippen LogP contribution is 2.16. The summed E-state index contributed by atoms with van der Waals surface area (Å²) in [5.74, 6) is 0.806. The maximum absolute atomic E-state index is 12.2. The van der Waals surface area contributed by atoms with E-state index in [0.717, 1.165) is 23.4 Å². The number of benzene rings is 1. The first-order valence-electron chi connectivity index (χ1n) is 9.34. The van der Waals surface area contributed by atoms with Crippen molar-refractivity contribution < 1.29 is 4.79 Å². The van der Waals surface area contributed by atoms with E-state index in [1.165, 1.54) is 39.2 Å². The second-order valence-corrected chi connectivity index (χ2v) is 8.53. The lowest BCUT2D eigenvalue weighted by molar-refractivity contribution is -0.119. The van der Waals surface area contributed by atoms with Crippen LogP contribution in [0.3, 0.4) is 0 Å². The van der Waals surface area contributed by atoms with Crippen LogP contribution in [0, 0.1) is 0 Å². The highest BCUT2D eigenvalue weighted by Gasteiger charge is 2.11. The minimum atomic E-state index is -0.176. The van der Waals surface area contributed by atoms with Gasteiger partial charge in [-0.3, -0.25) is 9.59 Å². The van der Waals surface area contributed by atoms with Crippen molar-refractivity contribution >= 4 is 34.0 Å². The molecule has 0 aliphatic rings. The van der Waals surface area contributed by atoms with Gasteiger partial charge in [-0.1, -0.05) is 49.4 Å². The van der Waals surface area contributed by atoms with Crippen LogP contribution in [0.2, 0.25) is 0 Å². The lowest BCUT2D eigenvalue weighted by atomic mass is 10.1. The van der Waals surface area contributed by atoms with E-state index in [1.807, 2.05) is 13.8 Å². The molecule has 6 nitrogen and oxygen atoms in total. The normalized spacial score (nSPS) is 12.2. The number of thioether (sulfide) groups is 1. The summed E-state index contributed by atoms with van der Waals surface area (Å²) >= 11 is 2.88. The van der Waals surface area contributed by atoms with E-state index in [0.29, 0.717) is 22.2 Å². The van der Waals surface area contributed by atoms with E-state index >= 15 is 0 Å². The number of amides is 1. The number of nitrogens with one attached hydrogen (secondary N) is 1. The van der Waals surface area contributed by atoms with Crippen molar-refractivity contribution in [3.63, 3.8) is 0 Å². The maximum Gasteiger partial charge on any atom is 0.275 e. The van der Waals surface area contributed by atoms with Crippen LogP contribution in [0.25, 0.3) is 4.96 Å². The van der Waals surface area contributed by atoms with Crippen LogP contribution in [0.1, 0.15) is 48.6 Å². The monoisotopic (exact) mass is 416 g/mol. The molecular formula is C20H24N4O2S2. The number of nitrogens with zero attached hydrogens (tertiary/aromatic N) is 3. The average Bonchev–Trinajstić information content (AvgIpc) is 3.12. The molecule has 1 atom stereocenters. The molecule has 3 rings (SSSR count). The molecule has 0 spiro atoms. The summed E-state index contributed by atoms with van der Waals surface area (Å²) in [6.07, 6.45) is 1.78. The molecule has 1 amide bonds. The summed E-state index contributed by atoms with van der Waals surface area (Å²) in [5.41, 5.74) is 2.88. The quantitative estimate of drug-likeness (QED) is 0.609. The van der Waals surface area contributed by atoms with Crippen LogP contribution in [0.15, 0.2) is 35.1 Å². The van der Waals surface area contributed by atoms with Crippen molar-refractivity contribution in [2.45, 2.75) is 45.4 Å². The Labute approximate surface area is 172 Å².